The second-order valence-corrected chi connectivity index (χ2v) is 4.03. The zero-order valence-electron chi connectivity index (χ0n) is 10.8. The molecule has 6 heteroatoms. The summed E-state index contributed by atoms with van der Waals surface area (Å²) in [6.45, 7) is 2.67. The van der Waals surface area contributed by atoms with Crippen molar-refractivity contribution in [2.45, 2.75) is 13.3 Å². The summed E-state index contributed by atoms with van der Waals surface area (Å²) in [5.41, 5.74) is 0. The van der Waals surface area contributed by atoms with E-state index in [2.05, 4.69) is 25.6 Å². The monoisotopic (exact) mass is 259 g/mol. The lowest BCUT2D eigenvalue weighted by molar-refractivity contribution is 0.292. The lowest BCUT2D eigenvalue weighted by atomic mass is 10.4. The van der Waals surface area contributed by atoms with Crippen LogP contribution in [0, 0.1) is 6.92 Å². The van der Waals surface area contributed by atoms with Gasteiger partial charge in [-0.25, -0.2) is 15.0 Å². The summed E-state index contributed by atoms with van der Waals surface area (Å²) in [4.78, 5) is 12.8. The van der Waals surface area contributed by atoms with E-state index in [1.54, 1.807) is 6.20 Å². The van der Waals surface area contributed by atoms with Crippen LogP contribution in [0.15, 0.2) is 30.5 Å². The van der Waals surface area contributed by atoms with Crippen molar-refractivity contribution in [2.75, 3.05) is 23.8 Å². The molecule has 3 N–H and O–H groups in total. The first-order valence-electron chi connectivity index (χ1n) is 6.16. The van der Waals surface area contributed by atoms with Gasteiger partial charge in [0, 0.05) is 25.4 Å². The van der Waals surface area contributed by atoms with Crippen LogP contribution in [-0.2, 0) is 0 Å². The van der Waals surface area contributed by atoms with E-state index < -0.39 is 0 Å². The number of nitrogens with one attached hydrogen (secondary N) is 2. The molecule has 0 fully saturated rings. The van der Waals surface area contributed by atoms with Gasteiger partial charge in [-0.15, -0.1) is 0 Å². The zero-order chi connectivity index (χ0) is 13.5. The van der Waals surface area contributed by atoms with E-state index in [0.717, 1.165) is 11.6 Å². The number of nitrogens with zero attached hydrogens (tertiary/aromatic N) is 3. The van der Waals surface area contributed by atoms with Gasteiger partial charge >= 0.3 is 0 Å². The molecule has 0 aliphatic carbocycles. The average Bonchev–Trinajstić information content (AvgIpc) is 2.39. The predicted octanol–water partition coefficient (Wildman–Crippen LogP) is 1.72. The Kier molecular flexibility index (Phi) is 4.63. The first kappa shape index (κ1) is 13.2. The normalized spacial score (nSPS) is 10.2. The molecular weight excluding hydrogens is 242 g/mol. The molecule has 2 aromatic rings. The summed E-state index contributed by atoms with van der Waals surface area (Å²) in [5, 5.41) is 15.0. The van der Waals surface area contributed by atoms with Crippen molar-refractivity contribution in [1.82, 2.24) is 15.0 Å². The van der Waals surface area contributed by atoms with E-state index in [4.69, 9.17) is 5.11 Å². The van der Waals surface area contributed by atoms with Crippen LogP contribution in [0.1, 0.15) is 12.2 Å². The number of hydrogen-bond donors (Lipinski definition) is 3. The standard InChI is InChI=1S/C13H17N5O/c1-10-16-12(15-7-4-8-19)9-13(17-10)18-11-5-2-3-6-14-11/h2-3,5-6,9,19H,4,7-8H2,1H3,(H2,14,15,16,17,18). The van der Waals surface area contributed by atoms with Gasteiger partial charge in [0.25, 0.3) is 0 Å². The number of anilines is 3. The van der Waals surface area contributed by atoms with Gasteiger partial charge < -0.3 is 15.7 Å². The Balaban J connectivity index is 2.08. The Morgan fingerprint density at radius 3 is 2.74 bits per heavy atom. The highest BCUT2D eigenvalue weighted by molar-refractivity contribution is 5.55. The fraction of sp³-hybridized carbons (Fsp3) is 0.308. The number of pyridine rings is 1. The quantitative estimate of drug-likeness (QED) is 0.685. The molecule has 6 nitrogen and oxygen atoms in total. The van der Waals surface area contributed by atoms with Gasteiger partial charge in [0.05, 0.1) is 0 Å². The fourth-order valence-electron chi connectivity index (χ4n) is 1.59. The van der Waals surface area contributed by atoms with Gasteiger partial charge in [0.1, 0.15) is 23.3 Å². The molecule has 0 unspecified atom stereocenters. The molecule has 100 valence electrons. The van der Waals surface area contributed by atoms with E-state index in [9.17, 15) is 0 Å². The van der Waals surface area contributed by atoms with Crippen molar-refractivity contribution in [3.63, 3.8) is 0 Å². The molecule has 0 spiro atoms. The maximum Gasteiger partial charge on any atom is 0.137 e. The minimum absolute atomic E-state index is 0.163. The third kappa shape index (κ3) is 4.18. The Bertz CT molecular complexity index is 518. The van der Waals surface area contributed by atoms with E-state index in [-0.39, 0.29) is 6.61 Å². The van der Waals surface area contributed by atoms with Gasteiger partial charge in [-0.3, -0.25) is 0 Å². The molecule has 0 aliphatic heterocycles. The fourth-order valence-corrected chi connectivity index (χ4v) is 1.59. The molecule has 0 saturated carbocycles. The summed E-state index contributed by atoms with van der Waals surface area (Å²) in [7, 11) is 0. The molecule has 19 heavy (non-hydrogen) atoms. The SMILES string of the molecule is Cc1nc(NCCCO)cc(Nc2ccccn2)n1. The Morgan fingerprint density at radius 2 is 2.00 bits per heavy atom. The topological polar surface area (TPSA) is 83.0 Å². The molecule has 0 atom stereocenters. The van der Waals surface area contributed by atoms with Gasteiger partial charge in [0.15, 0.2) is 0 Å². The van der Waals surface area contributed by atoms with Crippen LogP contribution in [0.3, 0.4) is 0 Å². The van der Waals surface area contributed by atoms with Crippen molar-refractivity contribution >= 4 is 17.5 Å². The molecule has 0 amide bonds. The van der Waals surface area contributed by atoms with Crippen LogP contribution in [-0.4, -0.2) is 33.2 Å². The Hall–Kier alpha value is -2.21. The Labute approximate surface area is 112 Å². The molecule has 2 aromatic heterocycles. The van der Waals surface area contributed by atoms with Crippen molar-refractivity contribution in [1.29, 1.82) is 0 Å². The van der Waals surface area contributed by atoms with Crippen LogP contribution in [0.2, 0.25) is 0 Å². The molecule has 0 saturated heterocycles. The molecule has 0 aromatic carbocycles. The third-order valence-corrected chi connectivity index (χ3v) is 2.40. The molecule has 2 heterocycles. The number of aliphatic hydroxyl groups is 1. The minimum Gasteiger partial charge on any atom is -0.396 e. The van der Waals surface area contributed by atoms with Gasteiger partial charge in [-0.05, 0) is 25.5 Å². The van der Waals surface area contributed by atoms with Crippen LogP contribution in [0.4, 0.5) is 17.5 Å². The van der Waals surface area contributed by atoms with E-state index >= 15 is 0 Å². The first-order chi connectivity index (χ1) is 9.28. The number of aromatic nitrogens is 3. The van der Waals surface area contributed by atoms with Gasteiger partial charge in [-0.1, -0.05) is 6.07 Å². The van der Waals surface area contributed by atoms with E-state index in [1.807, 2.05) is 31.2 Å². The van der Waals surface area contributed by atoms with Crippen molar-refractivity contribution in [2.24, 2.45) is 0 Å². The van der Waals surface area contributed by atoms with Gasteiger partial charge in [0.2, 0.25) is 0 Å². The second kappa shape index (κ2) is 6.65. The largest absolute Gasteiger partial charge is 0.396 e. The first-order valence-corrected chi connectivity index (χ1v) is 6.16. The van der Waals surface area contributed by atoms with E-state index in [1.165, 1.54) is 0 Å². The lowest BCUT2D eigenvalue weighted by Crippen LogP contribution is -2.07. The van der Waals surface area contributed by atoms with Crippen LogP contribution < -0.4 is 10.6 Å². The highest BCUT2D eigenvalue weighted by Gasteiger charge is 2.02. The number of hydrogen-bond acceptors (Lipinski definition) is 6. The molecular formula is C13H17N5O. The summed E-state index contributed by atoms with van der Waals surface area (Å²) in [6, 6.07) is 7.46. The van der Waals surface area contributed by atoms with Crippen molar-refractivity contribution in [3.05, 3.63) is 36.3 Å². The predicted molar refractivity (Wildman–Crippen MR) is 74.5 cm³/mol. The lowest BCUT2D eigenvalue weighted by Gasteiger charge is -2.09. The third-order valence-electron chi connectivity index (χ3n) is 2.40. The summed E-state index contributed by atoms with van der Waals surface area (Å²) in [6.07, 6.45) is 2.41. The van der Waals surface area contributed by atoms with Crippen molar-refractivity contribution < 1.29 is 5.11 Å². The second-order valence-electron chi connectivity index (χ2n) is 4.03. The summed E-state index contributed by atoms with van der Waals surface area (Å²) >= 11 is 0. The van der Waals surface area contributed by atoms with Gasteiger partial charge in [-0.2, -0.15) is 0 Å². The van der Waals surface area contributed by atoms with Crippen LogP contribution >= 0.6 is 0 Å². The maximum atomic E-state index is 8.75. The highest BCUT2D eigenvalue weighted by atomic mass is 16.3. The summed E-state index contributed by atoms with van der Waals surface area (Å²) < 4.78 is 0. The molecule has 0 radical (unpaired) electrons. The van der Waals surface area contributed by atoms with Crippen molar-refractivity contribution in [3.8, 4) is 0 Å². The molecule has 0 aliphatic rings. The van der Waals surface area contributed by atoms with E-state index in [0.29, 0.717) is 24.6 Å². The summed E-state index contributed by atoms with van der Waals surface area (Å²) in [5.74, 6) is 2.84. The zero-order valence-corrected chi connectivity index (χ0v) is 10.8. The minimum atomic E-state index is 0.163. The molecule has 2 rings (SSSR count). The molecule has 0 bridgehead atoms. The van der Waals surface area contributed by atoms with Crippen LogP contribution in [0.25, 0.3) is 0 Å². The Morgan fingerprint density at radius 1 is 1.16 bits per heavy atom. The number of aryl methyl sites for hydroxylation is 1. The number of rotatable bonds is 6. The maximum absolute atomic E-state index is 8.75. The average molecular weight is 259 g/mol. The highest BCUT2D eigenvalue weighted by Crippen LogP contribution is 2.15. The smallest absolute Gasteiger partial charge is 0.137 e. The number of aliphatic hydroxyl groups excluding tert-OH is 1. The van der Waals surface area contributed by atoms with Crippen LogP contribution in [0.5, 0.6) is 0 Å².